The monoisotopic (exact) mass is 732 g/mol. The van der Waals surface area contributed by atoms with Crippen LogP contribution in [0.25, 0.3) is 11.1 Å². The van der Waals surface area contributed by atoms with E-state index < -0.39 is 7.68 Å². The van der Waals surface area contributed by atoms with Crippen LogP contribution >= 0.6 is 53.7 Å². The highest BCUT2D eigenvalue weighted by Crippen LogP contribution is 2.47. The number of hydrogen-bond donors (Lipinski definition) is 0. The summed E-state index contributed by atoms with van der Waals surface area (Å²) < 4.78 is 38.9. The first-order valence-electron chi connectivity index (χ1n) is 11.7. The van der Waals surface area contributed by atoms with Crippen molar-refractivity contribution in [2.24, 2.45) is 5.41 Å². The zero-order chi connectivity index (χ0) is 27.3. The summed E-state index contributed by atoms with van der Waals surface area (Å²) in [5.41, 5.74) is 7.32. The second kappa shape index (κ2) is 13.4. The first kappa shape index (κ1) is 32.6. The summed E-state index contributed by atoms with van der Waals surface area (Å²) in [5, 5.41) is 0. The Labute approximate surface area is 240 Å². The van der Waals surface area contributed by atoms with Gasteiger partial charge in [-0.3, -0.25) is 4.57 Å². The average molecular weight is 732 g/mol. The average Bonchev–Trinajstić information content (AvgIpc) is 2.71. The van der Waals surface area contributed by atoms with Gasteiger partial charge in [0.25, 0.3) is 0 Å². The molecule has 0 spiro atoms. The third kappa shape index (κ3) is 9.78. The zero-order valence-corrected chi connectivity index (χ0v) is 28.0. The molecule has 198 valence electrons. The Morgan fingerprint density at radius 3 is 1.34 bits per heavy atom. The highest BCUT2D eigenvalue weighted by atomic mass is 127. The van der Waals surface area contributed by atoms with Crippen LogP contribution in [0.1, 0.15) is 89.5 Å². The van der Waals surface area contributed by atoms with Gasteiger partial charge in [-0.15, -0.1) is 0 Å². The van der Waals surface area contributed by atoms with Gasteiger partial charge in [-0.1, -0.05) is 48.5 Å². The third-order valence-electron chi connectivity index (χ3n) is 5.98. The van der Waals surface area contributed by atoms with Crippen molar-refractivity contribution in [3.8, 4) is 22.6 Å². The molecule has 0 aliphatic rings. The molecule has 2 atom stereocenters. The molecule has 2 rings (SSSR count). The molecule has 0 amide bonds. The molecule has 8 heteroatoms. The summed E-state index contributed by atoms with van der Waals surface area (Å²) in [6.45, 7) is 21.5. The molecule has 4 nitrogen and oxygen atoms in total. The molecule has 2 unspecified atom stereocenters. The summed E-state index contributed by atoms with van der Waals surface area (Å²) in [6.07, 6.45) is -0.330. The SMILES string of the molecule is CC(OP(C)(=O)F)C(C)(C)C.Cc1cc(OI)c(C(C)C)cc1-c1cc(C(C)C)c(OI)cc1C. The van der Waals surface area contributed by atoms with E-state index in [2.05, 4.69) is 65.8 Å². The number of benzene rings is 2. The van der Waals surface area contributed by atoms with E-state index in [1.165, 1.54) is 33.4 Å². The molecule has 0 saturated carbocycles. The maximum atomic E-state index is 12.5. The van der Waals surface area contributed by atoms with Gasteiger partial charge in [0.1, 0.15) is 11.5 Å². The van der Waals surface area contributed by atoms with Crippen LogP contribution in [0.15, 0.2) is 24.3 Å². The largest absolute Gasteiger partial charge is 0.427 e. The van der Waals surface area contributed by atoms with Gasteiger partial charge in [0.2, 0.25) is 0 Å². The summed E-state index contributed by atoms with van der Waals surface area (Å²) in [5.74, 6) is 2.74. The van der Waals surface area contributed by atoms with Gasteiger partial charge in [0.15, 0.2) is 46.0 Å². The molecule has 0 radical (unpaired) electrons. The predicted octanol–water partition coefficient (Wildman–Crippen LogP) is 10.9. The summed E-state index contributed by atoms with van der Waals surface area (Å²) in [4.78, 5) is 0. The van der Waals surface area contributed by atoms with Gasteiger partial charge in [0, 0.05) is 6.66 Å². The lowest BCUT2D eigenvalue weighted by molar-refractivity contribution is 0.0989. The second-order valence-electron chi connectivity index (χ2n) is 10.7. The van der Waals surface area contributed by atoms with Crippen LogP contribution in [0.3, 0.4) is 0 Å². The Bertz CT molecular complexity index is 979. The molecule has 0 aliphatic heterocycles. The lowest BCUT2D eigenvalue weighted by Crippen LogP contribution is -2.24. The fourth-order valence-corrected chi connectivity index (χ4v) is 5.10. The van der Waals surface area contributed by atoms with Crippen molar-refractivity contribution in [2.45, 2.75) is 87.2 Å². The normalized spacial score (nSPS) is 14.3. The van der Waals surface area contributed by atoms with Crippen molar-refractivity contribution in [3.05, 3.63) is 46.5 Å². The van der Waals surface area contributed by atoms with Gasteiger partial charge in [-0.2, -0.15) is 4.20 Å². The van der Waals surface area contributed by atoms with Gasteiger partial charge in [-0.05, 0) is 95.7 Å². The molecule has 0 bridgehead atoms. The standard InChI is InChI=1S/C20H24I2O2.C7H16FO2P/c1-11(2)15-9-17(13(5)7-19(15)23-21)18-10-16(12(3)4)20(24-22)8-14(18)6;1-6(7(2,3)4)10-11(5,8)9/h7-12H,1-6H3;6H,1-5H3. The Balaban J connectivity index is 0.000000471. The summed E-state index contributed by atoms with van der Waals surface area (Å²) in [7, 11) is -3.82. The second-order valence-corrected chi connectivity index (χ2v) is 13.3. The van der Waals surface area contributed by atoms with Crippen molar-refractivity contribution in [1.82, 2.24) is 0 Å². The van der Waals surface area contributed by atoms with E-state index in [0.717, 1.165) is 18.2 Å². The van der Waals surface area contributed by atoms with Crippen LogP contribution in [0.4, 0.5) is 4.20 Å². The van der Waals surface area contributed by atoms with E-state index in [4.69, 9.17) is 10.7 Å². The quantitative estimate of drug-likeness (QED) is 0.210. The minimum absolute atomic E-state index is 0.169. The molecule has 0 aromatic heterocycles. The number of rotatable bonds is 7. The van der Waals surface area contributed by atoms with Gasteiger partial charge in [0.05, 0.1) is 6.10 Å². The van der Waals surface area contributed by atoms with E-state index in [1.807, 2.05) is 66.8 Å². The maximum absolute atomic E-state index is 12.5. The van der Waals surface area contributed by atoms with Crippen LogP contribution in [-0.2, 0) is 9.09 Å². The molecule has 0 fully saturated rings. The van der Waals surface area contributed by atoms with Crippen molar-refractivity contribution < 1.29 is 19.4 Å². The topological polar surface area (TPSA) is 44.8 Å². The van der Waals surface area contributed by atoms with Crippen LogP contribution in [0.5, 0.6) is 11.5 Å². The number of hydrogen-bond acceptors (Lipinski definition) is 4. The van der Waals surface area contributed by atoms with E-state index in [9.17, 15) is 8.76 Å². The van der Waals surface area contributed by atoms with E-state index >= 15 is 0 Å². The molecule has 2 aromatic carbocycles. The lowest BCUT2D eigenvalue weighted by Gasteiger charge is -2.27. The fourth-order valence-electron chi connectivity index (χ4n) is 3.45. The van der Waals surface area contributed by atoms with E-state index in [0.29, 0.717) is 11.8 Å². The fraction of sp³-hybridized carbons (Fsp3) is 0.556. The Kier molecular flexibility index (Phi) is 12.5. The molecule has 0 aliphatic carbocycles. The van der Waals surface area contributed by atoms with Crippen molar-refractivity contribution in [1.29, 1.82) is 0 Å². The van der Waals surface area contributed by atoms with Gasteiger partial charge in [-0.25, -0.2) is 0 Å². The highest BCUT2D eigenvalue weighted by molar-refractivity contribution is 14.1. The van der Waals surface area contributed by atoms with Crippen LogP contribution < -0.4 is 6.13 Å². The lowest BCUT2D eigenvalue weighted by atomic mass is 9.88. The molecular formula is C27H40FI2O4P. The first-order chi connectivity index (χ1) is 15.9. The summed E-state index contributed by atoms with van der Waals surface area (Å²) >= 11 is 3.94. The molecule has 0 N–H and O–H groups in total. The Hall–Kier alpha value is -0.380. The van der Waals surface area contributed by atoms with Gasteiger partial charge >= 0.3 is 7.68 Å². The van der Waals surface area contributed by atoms with Gasteiger partial charge < -0.3 is 10.7 Å². The van der Waals surface area contributed by atoms with Crippen molar-refractivity contribution in [2.75, 3.05) is 6.66 Å². The van der Waals surface area contributed by atoms with E-state index in [1.54, 1.807) is 6.92 Å². The zero-order valence-electron chi connectivity index (χ0n) is 22.8. The molecule has 0 heterocycles. The summed E-state index contributed by atoms with van der Waals surface area (Å²) in [6, 6.07) is 8.86. The van der Waals surface area contributed by atoms with Crippen LogP contribution in [-0.4, -0.2) is 12.8 Å². The van der Waals surface area contributed by atoms with Crippen molar-refractivity contribution in [3.63, 3.8) is 0 Å². The first-order valence-corrected chi connectivity index (χ1v) is 15.5. The molecular weight excluding hydrogens is 692 g/mol. The number of halogens is 3. The predicted molar refractivity (Wildman–Crippen MR) is 163 cm³/mol. The highest BCUT2D eigenvalue weighted by Gasteiger charge is 2.27. The van der Waals surface area contributed by atoms with E-state index in [-0.39, 0.29) is 11.5 Å². The molecule has 35 heavy (non-hydrogen) atoms. The number of aryl methyl sites for hydroxylation is 2. The Morgan fingerprint density at radius 2 is 1.14 bits per heavy atom. The van der Waals surface area contributed by atoms with Crippen LogP contribution in [0, 0.1) is 19.3 Å². The molecule has 0 saturated heterocycles. The minimum atomic E-state index is -3.82. The van der Waals surface area contributed by atoms with Crippen LogP contribution in [0.2, 0.25) is 0 Å². The van der Waals surface area contributed by atoms with Crippen molar-refractivity contribution >= 4 is 53.7 Å². The maximum Gasteiger partial charge on any atom is 0.364 e. The molecule has 2 aromatic rings. The smallest absolute Gasteiger partial charge is 0.364 e. The Morgan fingerprint density at radius 1 is 0.800 bits per heavy atom. The minimum Gasteiger partial charge on any atom is -0.427 e. The third-order valence-corrected chi connectivity index (χ3v) is 7.62.